The van der Waals surface area contributed by atoms with Gasteiger partial charge in [-0.1, -0.05) is 146 Å². The summed E-state index contributed by atoms with van der Waals surface area (Å²) in [6.07, 6.45) is 0. The second-order valence-corrected chi connectivity index (χ2v) is 18.6. The van der Waals surface area contributed by atoms with Crippen LogP contribution in [0.3, 0.4) is 0 Å². The third-order valence-corrected chi connectivity index (χ3v) is 16.0. The van der Waals surface area contributed by atoms with Crippen molar-refractivity contribution in [1.29, 1.82) is 0 Å². The van der Waals surface area contributed by atoms with Crippen molar-refractivity contribution in [1.82, 2.24) is 9.80 Å². The van der Waals surface area contributed by atoms with Crippen LogP contribution in [0, 0.1) is 21.7 Å². The van der Waals surface area contributed by atoms with Crippen LogP contribution in [0.1, 0.15) is 45.2 Å². The highest BCUT2D eigenvalue weighted by Gasteiger charge is 2.99. The van der Waals surface area contributed by atoms with Crippen molar-refractivity contribution >= 4 is 0 Å². The van der Waals surface area contributed by atoms with Gasteiger partial charge >= 0.3 is 0 Å². The molecule has 12 rings (SSSR count). The SMILES string of the molecule is OCC12C(c3ccc(OCc4ccccc4)cc3)C3(CO)C4N(Cc5ccccc5)C1C1(CO)C(c5ccc(OCc6ccccc6)cc5)C4(CO)C3N(Cc3ccccc3)C21. The number of aliphatic hydroxyl groups excluding tert-OH is 4. The van der Waals surface area contributed by atoms with E-state index in [9.17, 15) is 20.4 Å². The number of benzene rings is 6. The first kappa shape index (κ1) is 39.5. The predicted octanol–water partition coefficient (Wildman–Crippen LogP) is 7.17. The van der Waals surface area contributed by atoms with Crippen molar-refractivity contribution in [2.45, 2.75) is 62.3 Å². The first-order valence-corrected chi connectivity index (χ1v) is 22.1. The molecule has 8 heteroatoms. The summed E-state index contributed by atoms with van der Waals surface area (Å²) in [4.78, 5) is 5.03. The van der Waals surface area contributed by atoms with Gasteiger partial charge in [0, 0.05) is 70.8 Å². The highest BCUT2D eigenvalue weighted by Crippen LogP contribution is 2.91. The molecule has 2 aliphatic carbocycles. The summed E-state index contributed by atoms with van der Waals surface area (Å²) in [6, 6.07) is 56.5. The second-order valence-electron chi connectivity index (χ2n) is 18.6. The van der Waals surface area contributed by atoms with Gasteiger partial charge < -0.3 is 29.9 Å². The zero-order valence-electron chi connectivity index (χ0n) is 34.8. The van der Waals surface area contributed by atoms with Crippen LogP contribution >= 0.6 is 0 Å². The zero-order valence-corrected chi connectivity index (χ0v) is 34.8. The van der Waals surface area contributed by atoms with Crippen LogP contribution in [-0.2, 0) is 26.3 Å². The minimum absolute atomic E-state index is 0.135. The molecule has 0 radical (unpaired) electrons. The van der Waals surface area contributed by atoms with Crippen molar-refractivity contribution in [2.24, 2.45) is 21.7 Å². The van der Waals surface area contributed by atoms with Crippen LogP contribution in [0.5, 0.6) is 11.5 Å². The maximum atomic E-state index is 12.4. The number of hydrogen-bond acceptors (Lipinski definition) is 8. The Kier molecular flexibility index (Phi) is 9.68. The van der Waals surface area contributed by atoms with Crippen molar-refractivity contribution < 1.29 is 29.9 Å². The summed E-state index contributed by atoms with van der Waals surface area (Å²) < 4.78 is 12.5. The minimum atomic E-state index is -0.784. The highest BCUT2D eigenvalue weighted by molar-refractivity contribution is 5.58. The molecule has 316 valence electrons. The summed E-state index contributed by atoms with van der Waals surface area (Å²) in [6.45, 7) is 1.49. The number of hydrogen-bond donors (Lipinski definition) is 4. The van der Waals surface area contributed by atoms with Gasteiger partial charge in [0.15, 0.2) is 0 Å². The summed E-state index contributed by atoms with van der Waals surface area (Å²) in [5.74, 6) is 0.955. The first-order valence-electron chi connectivity index (χ1n) is 22.1. The largest absolute Gasteiger partial charge is 0.489 e. The Morgan fingerprint density at radius 1 is 0.355 bits per heavy atom. The topological polar surface area (TPSA) is 106 Å². The van der Waals surface area contributed by atoms with Crippen LogP contribution in [0.2, 0.25) is 0 Å². The summed E-state index contributed by atoms with van der Waals surface area (Å²) >= 11 is 0. The molecule has 2 saturated carbocycles. The van der Waals surface area contributed by atoms with Crippen LogP contribution in [-0.4, -0.2) is 80.8 Å². The molecule has 8 nitrogen and oxygen atoms in total. The average Bonchev–Trinajstić information content (AvgIpc) is 3.31. The van der Waals surface area contributed by atoms with Crippen molar-refractivity contribution in [3.8, 4) is 11.5 Å². The van der Waals surface area contributed by atoms with Gasteiger partial charge in [-0.2, -0.15) is 0 Å². The van der Waals surface area contributed by atoms with Gasteiger partial charge in [0.1, 0.15) is 24.7 Å². The van der Waals surface area contributed by atoms with E-state index >= 15 is 0 Å². The Morgan fingerprint density at radius 3 is 0.903 bits per heavy atom. The van der Waals surface area contributed by atoms with Crippen LogP contribution in [0.15, 0.2) is 170 Å². The molecule has 4 aliphatic heterocycles. The van der Waals surface area contributed by atoms with Crippen molar-refractivity contribution in [3.63, 3.8) is 0 Å². The van der Waals surface area contributed by atoms with E-state index in [1.165, 1.54) is 0 Å². The fourth-order valence-electron chi connectivity index (χ4n) is 14.7. The summed E-state index contributed by atoms with van der Waals surface area (Å²) in [5, 5.41) is 49.5. The molecular weight excluding hydrogens is 773 g/mol. The molecule has 6 aromatic rings. The molecule has 4 heterocycles. The number of ether oxygens (including phenoxy) is 2. The molecule has 0 unspecified atom stereocenters. The Hall–Kier alpha value is -5.32. The maximum absolute atomic E-state index is 12.4. The molecule has 0 atom stereocenters. The lowest BCUT2D eigenvalue weighted by Crippen LogP contribution is -3.07. The first-order chi connectivity index (χ1) is 30.5. The Bertz CT molecular complexity index is 2250. The van der Waals surface area contributed by atoms with E-state index in [4.69, 9.17) is 9.47 Å². The third-order valence-electron chi connectivity index (χ3n) is 16.0. The molecule has 0 aromatic heterocycles. The van der Waals surface area contributed by atoms with Gasteiger partial charge in [-0.3, -0.25) is 9.80 Å². The van der Waals surface area contributed by atoms with Crippen LogP contribution in [0.25, 0.3) is 0 Å². The van der Waals surface area contributed by atoms with E-state index in [0.29, 0.717) is 26.3 Å². The normalized spacial score (nSPS) is 32.5. The molecule has 6 aliphatic rings. The molecule has 4 N–H and O–H groups in total. The Labute approximate surface area is 363 Å². The summed E-state index contributed by atoms with van der Waals surface area (Å²) in [7, 11) is 0. The molecule has 6 fully saturated rings. The van der Waals surface area contributed by atoms with E-state index in [1.54, 1.807) is 0 Å². The minimum Gasteiger partial charge on any atom is -0.489 e. The zero-order chi connectivity index (χ0) is 42.1. The van der Waals surface area contributed by atoms with Crippen LogP contribution < -0.4 is 9.47 Å². The molecule has 6 aromatic carbocycles. The fraction of sp³-hybridized carbons (Fsp3) is 0.333. The number of aliphatic hydroxyl groups is 4. The lowest BCUT2D eigenvalue weighted by atomic mass is 9.16. The van der Waals surface area contributed by atoms with Gasteiger partial charge in [0.05, 0.1) is 26.4 Å². The highest BCUT2D eigenvalue weighted by atomic mass is 16.5. The predicted molar refractivity (Wildman–Crippen MR) is 237 cm³/mol. The monoisotopic (exact) mass is 826 g/mol. The number of nitrogens with zero attached hydrogens (tertiary/aromatic N) is 2. The smallest absolute Gasteiger partial charge is 0.119 e. The fourth-order valence-corrected chi connectivity index (χ4v) is 14.7. The van der Waals surface area contributed by atoms with E-state index in [1.807, 2.05) is 72.8 Å². The van der Waals surface area contributed by atoms with Gasteiger partial charge in [0.2, 0.25) is 0 Å². The van der Waals surface area contributed by atoms with Gasteiger partial charge in [-0.15, -0.1) is 0 Å². The molecule has 0 spiro atoms. The van der Waals surface area contributed by atoms with E-state index < -0.39 is 21.7 Å². The third kappa shape index (κ3) is 5.28. The summed E-state index contributed by atoms with van der Waals surface area (Å²) in [5.41, 5.74) is 3.36. The van der Waals surface area contributed by atoms with Gasteiger partial charge in [-0.25, -0.2) is 0 Å². The van der Waals surface area contributed by atoms with E-state index in [-0.39, 0.29) is 62.4 Å². The van der Waals surface area contributed by atoms with Gasteiger partial charge in [-0.05, 0) is 57.6 Å². The Morgan fingerprint density at radius 2 is 0.629 bits per heavy atom. The quantitative estimate of drug-likeness (QED) is 0.0815. The molecule has 0 amide bonds. The van der Waals surface area contributed by atoms with E-state index in [2.05, 4.69) is 107 Å². The molecule has 62 heavy (non-hydrogen) atoms. The average molecular weight is 827 g/mol. The standard InChI is InChI=1S/C54H54N2O6/c57-33-51-45(41-21-25-43(26-22-41)61-31-39-17-9-3-10-18-39)52(34-58)48-54(36-60)46(42-23-27-44(28-24-42)62-32-40-19-11-4-12-20-40)53(35-59,47(51)55(48)29-37-13-5-1-6-14-37)49(51)56(50(52)54)30-38-15-7-2-8-16-38/h1-28,45-50,57-60H,29-36H2. The number of piperidine rings is 4. The molecule has 8 bridgehead atoms. The molecule has 4 saturated heterocycles. The van der Waals surface area contributed by atoms with Crippen molar-refractivity contribution in [2.75, 3.05) is 26.4 Å². The lowest BCUT2D eigenvalue weighted by Gasteiger charge is -2.98. The van der Waals surface area contributed by atoms with Crippen molar-refractivity contribution in [3.05, 3.63) is 203 Å². The number of rotatable bonds is 16. The van der Waals surface area contributed by atoms with Gasteiger partial charge in [0.25, 0.3) is 0 Å². The van der Waals surface area contributed by atoms with E-state index in [0.717, 1.165) is 44.9 Å². The Balaban J connectivity index is 1.07. The lowest BCUT2D eigenvalue weighted by molar-refractivity contribution is -0.493. The maximum Gasteiger partial charge on any atom is 0.119 e. The van der Waals surface area contributed by atoms with Crippen LogP contribution in [0.4, 0.5) is 0 Å². The molecular formula is C54H54N2O6. The second kappa shape index (κ2) is 15.2.